The molecule has 0 fully saturated rings. The molecule has 0 aliphatic carbocycles. The van der Waals surface area contributed by atoms with E-state index < -0.39 is 5.97 Å². The number of methoxy groups -OCH3 is 1. The second-order valence-corrected chi connectivity index (χ2v) is 7.49. The first kappa shape index (κ1) is 21.5. The van der Waals surface area contributed by atoms with E-state index in [2.05, 4.69) is 6.92 Å². The Labute approximate surface area is 166 Å². The summed E-state index contributed by atoms with van der Waals surface area (Å²) >= 11 is 6.27. The van der Waals surface area contributed by atoms with Crippen LogP contribution in [0.4, 0.5) is 0 Å². The van der Waals surface area contributed by atoms with Crippen LogP contribution in [0.2, 0.25) is 5.02 Å². The first-order chi connectivity index (χ1) is 13.1. The molecule has 4 nitrogen and oxygen atoms in total. The molecule has 0 spiro atoms. The lowest BCUT2D eigenvalue weighted by atomic mass is 9.93. The summed E-state index contributed by atoms with van der Waals surface area (Å²) in [6.45, 7) is 2.22. The van der Waals surface area contributed by atoms with Crippen molar-refractivity contribution in [2.24, 2.45) is 0 Å². The van der Waals surface area contributed by atoms with Crippen LogP contribution in [0.25, 0.3) is 10.9 Å². The van der Waals surface area contributed by atoms with Gasteiger partial charge in [-0.2, -0.15) is 0 Å². The highest BCUT2D eigenvalue weighted by Gasteiger charge is 2.18. The zero-order valence-electron chi connectivity index (χ0n) is 16.3. The first-order valence-corrected chi connectivity index (χ1v) is 10.3. The zero-order chi connectivity index (χ0) is 19.6. The molecular weight excluding hydrogens is 362 g/mol. The summed E-state index contributed by atoms with van der Waals surface area (Å²) in [7, 11) is 1.60. The molecule has 1 N–H and O–H groups in total. The van der Waals surface area contributed by atoms with Gasteiger partial charge in [0.15, 0.2) is 0 Å². The van der Waals surface area contributed by atoms with Crippen molar-refractivity contribution in [1.82, 2.24) is 4.98 Å². The maximum absolute atomic E-state index is 11.4. The molecule has 2 rings (SSSR count). The molecule has 0 bridgehead atoms. The Balaban J connectivity index is 2.10. The molecule has 1 unspecified atom stereocenters. The van der Waals surface area contributed by atoms with Crippen LogP contribution in [0.15, 0.2) is 24.3 Å². The van der Waals surface area contributed by atoms with Crippen LogP contribution in [0.5, 0.6) is 5.75 Å². The van der Waals surface area contributed by atoms with Gasteiger partial charge in [0.05, 0.1) is 18.6 Å². The van der Waals surface area contributed by atoms with Crippen LogP contribution in [-0.4, -0.2) is 23.2 Å². The van der Waals surface area contributed by atoms with Crippen LogP contribution in [0.3, 0.4) is 0 Å². The fourth-order valence-electron chi connectivity index (χ4n) is 3.48. The van der Waals surface area contributed by atoms with Gasteiger partial charge in [0.1, 0.15) is 11.3 Å². The van der Waals surface area contributed by atoms with Crippen LogP contribution >= 0.6 is 11.6 Å². The van der Waals surface area contributed by atoms with E-state index in [1.165, 1.54) is 32.1 Å². The lowest BCUT2D eigenvalue weighted by Gasteiger charge is -2.16. The lowest BCUT2D eigenvalue weighted by Crippen LogP contribution is -2.08. The van der Waals surface area contributed by atoms with E-state index in [-0.39, 0.29) is 12.3 Å². The number of aliphatic carboxylic acids is 1. The maximum Gasteiger partial charge on any atom is 0.304 e. The lowest BCUT2D eigenvalue weighted by molar-refractivity contribution is -0.137. The van der Waals surface area contributed by atoms with Crippen LogP contribution in [0, 0.1) is 0 Å². The number of unbranched alkanes of at least 4 members (excludes halogenated alkanes) is 6. The van der Waals surface area contributed by atoms with Crippen molar-refractivity contribution in [3.8, 4) is 5.75 Å². The minimum Gasteiger partial charge on any atom is -0.494 e. The van der Waals surface area contributed by atoms with Crippen molar-refractivity contribution in [3.63, 3.8) is 0 Å². The summed E-state index contributed by atoms with van der Waals surface area (Å²) in [6.07, 6.45) is 9.42. The van der Waals surface area contributed by atoms with Crippen molar-refractivity contribution in [2.45, 2.75) is 70.6 Å². The van der Waals surface area contributed by atoms with Gasteiger partial charge in [-0.15, -0.1) is 0 Å². The monoisotopic (exact) mass is 391 g/mol. The third-order valence-corrected chi connectivity index (χ3v) is 5.33. The van der Waals surface area contributed by atoms with Crippen LogP contribution in [0.1, 0.15) is 76.3 Å². The van der Waals surface area contributed by atoms with Gasteiger partial charge < -0.3 is 9.84 Å². The van der Waals surface area contributed by atoms with Gasteiger partial charge in [0, 0.05) is 17.0 Å². The summed E-state index contributed by atoms with van der Waals surface area (Å²) < 4.78 is 5.41. The van der Waals surface area contributed by atoms with Gasteiger partial charge in [-0.25, -0.2) is 4.98 Å². The van der Waals surface area contributed by atoms with E-state index in [1.54, 1.807) is 19.2 Å². The van der Waals surface area contributed by atoms with Gasteiger partial charge in [0.2, 0.25) is 0 Å². The Kier molecular flexibility index (Phi) is 8.86. The van der Waals surface area contributed by atoms with Crippen molar-refractivity contribution in [1.29, 1.82) is 0 Å². The van der Waals surface area contributed by atoms with E-state index >= 15 is 0 Å². The molecule has 0 amide bonds. The SMILES string of the molecule is CCCCCCCCCC(CC(=O)O)c1ccc2c(Cl)ccc(OC)c2n1. The van der Waals surface area contributed by atoms with Gasteiger partial charge in [0.25, 0.3) is 0 Å². The third-order valence-electron chi connectivity index (χ3n) is 5.00. The average molecular weight is 392 g/mol. The number of rotatable bonds is 12. The summed E-state index contributed by atoms with van der Waals surface area (Å²) in [5.74, 6) is -0.226. The molecule has 1 atom stereocenters. The molecule has 1 aromatic heterocycles. The quantitative estimate of drug-likeness (QED) is 0.414. The Hall–Kier alpha value is -1.81. The topological polar surface area (TPSA) is 59.4 Å². The molecule has 0 saturated carbocycles. The van der Waals surface area contributed by atoms with Crippen molar-refractivity contribution in [3.05, 3.63) is 35.0 Å². The minimum absolute atomic E-state index is 0.0915. The van der Waals surface area contributed by atoms with Crippen molar-refractivity contribution in [2.75, 3.05) is 7.11 Å². The molecule has 148 valence electrons. The minimum atomic E-state index is -0.789. The summed E-state index contributed by atoms with van der Waals surface area (Å²) in [6, 6.07) is 7.41. The predicted octanol–water partition coefficient (Wildman–Crippen LogP) is 6.60. The summed E-state index contributed by atoms with van der Waals surface area (Å²) in [5.41, 5.74) is 1.49. The number of carboxylic acids is 1. The molecule has 5 heteroatoms. The number of hydrogen-bond acceptors (Lipinski definition) is 3. The highest BCUT2D eigenvalue weighted by Crippen LogP contribution is 2.33. The van der Waals surface area contributed by atoms with Crippen LogP contribution < -0.4 is 4.74 Å². The third kappa shape index (κ3) is 6.39. The molecule has 1 heterocycles. The average Bonchev–Trinajstić information content (AvgIpc) is 2.66. The molecule has 2 aromatic rings. The zero-order valence-corrected chi connectivity index (χ0v) is 17.1. The molecule has 27 heavy (non-hydrogen) atoms. The Morgan fingerprint density at radius 3 is 2.48 bits per heavy atom. The first-order valence-electron chi connectivity index (χ1n) is 9.91. The largest absolute Gasteiger partial charge is 0.494 e. The second-order valence-electron chi connectivity index (χ2n) is 7.09. The smallest absolute Gasteiger partial charge is 0.304 e. The Bertz CT molecular complexity index is 748. The van der Waals surface area contributed by atoms with Gasteiger partial charge in [-0.3, -0.25) is 4.79 Å². The van der Waals surface area contributed by atoms with Crippen molar-refractivity contribution >= 4 is 28.5 Å². The maximum atomic E-state index is 11.4. The normalized spacial score (nSPS) is 12.3. The Morgan fingerprint density at radius 1 is 1.11 bits per heavy atom. The molecular formula is C22H30ClNO3. The molecule has 0 radical (unpaired) electrons. The van der Waals surface area contributed by atoms with E-state index in [4.69, 9.17) is 21.3 Å². The highest BCUT2D eigenvalue weighted by molar-refractivity contribution is 6.35. The van der Waals surface area contributed by atoms with E-state index in [1.807, 2.05) is 12.1 Å². The number of aromatic nitrogens is 1. The van der Waals surface area contributed by atoms with Crippen LogP contribution in [-0.2, 0) is 4.79 Å². The number of nitrogens with zero attached hydrogens (tertiary/aromatic N) is 1. The number of carboxylic acid groups (broad SMARTS) is 1. The number of halogens is 1. The molecule has 0 aliphatic heterocycles. The number of pyridine rings is 1. The van der Waals surface area contributed by atoms with E-state index in [9.17, 15) is 9.90 Å². The summed E-state index contributed by atoms with van der Waals surface area (Å²) in [5, 5.41) is 10.8. The number of carbonyl (C=O) groups is 1. The number of hydrogen-bond donors (Lipinski definition) is 1. The molecule has 1 aromatic carbocycles. The van der Waals surface area contributed by atoms with Crippen molar-refractivity contribution < 1.29 is 14.6 Å². The number of fused-ring (bicyclic) bond motifs is 1. The molecule has 0 aliphatic rings. The second kappa shape index (κ2) is 11.1. The number of benzene rings is 1. The van der Waals surface area contributed by atoms with Gasteiger partial charge in [-0.05, 0) is 30.7 Å². The predicted molar refractivity (Wildman–Crippen MR) is 111 cm³/mol. The van der Waals surface area contributed by atoms with E-state index in [0.29, 0.717) is 16.3 Å². The Morgan fingerprint density at radius 2 is 1.81 bits per heavy atom. The standard InChI is InChI=1S/C22H30ClNO3/c1-3-4-5-6-7-8-9-10-16(15-21(25)26)19-13-11-17-18(23)12-14-20(27-2)22(17)24-19/h11-14,16H,3-10,15H2,1-2H3,(H,25,26). The van der Waals surface area contributed by atoms with Gasteiger partial charge in [-0.1, -0.05) is 63.5 Å². The fraction of sp³-hybridized carbons (Fsp3) is 0.545. The van der Waals surface area contributed by atoms with E-state index in [0.717, 1.165) is 30.3 Å². The highest BCUT2D eigenvalue weighted by atomic mass is 35.5. The van der Waals surface area contributed by atoms with Gasteiger partial charge >= 0.3 is 5.97 Å². The fourth-order valence-corrected chi connectivity index (χ4v) is 3.69. The summed E-state index contributed by atoms with van der Waals surface area (Å²) in [4.78, 5) is 16.1. The number of ether oxygens (including phenoxy) is 1. The molecule has 0 saturated heterocycles.